The molecule has 3 aromatic heterocycles. The summed E-state index contributed by atoms with van der Waals surface area (Å²) in [5, 5.41) is 1.27. The highest BCUT2D eigenvalue weighted by atomic mass is 32.1. The topological polar surface area (TPSA) is 51.1 Å². The Labute approximate surface area is 157 Å². The van der Waals surface area contributed by atoms with Crippen molar-refractivity contribution in [2.75, 3.05) is 18.0 Å². The number of rotatable bonds is 2. The summed E-state index contributed by atoms with van der Waals surface area (Å²) in [6, 6.07) is 3.97. The van der Waals surface area contributed by atoms with Gasteiger partial charge in [0.25, 0.3) is 0 Å². The Kier molecular flexibility index (Phi) is 3.90. The molecule has 1 fully saturated rings. The van der Waals surface area contributed by atoms with E-state index >= 15 is 0 Å². The van der Waals surface area contributed by atoms with Gasteiger partial charge in [0, 0.05) is 35.9 Å². The van der Waals surface area contributed by atoms with E-state index in [1.165, 1.54) is 28.7 Å². The summed E-state index contributed by atoms with van der Waals surface area (Å²) in [4.78, 5) is 19.2. The van der Waals surface area contributed by atoms with Gasteiger partial charge in [0.05, 0.1) is 17.6 Å². The van der Waals surface area contributed by atoms with Gasteiger partial charge in [-0.25, -0.2) is 9.97 Å². The van der Waals surface area contributed by atoms with Crippen molar-refractivity contribution < 1.29 is 4.74 Å². The second kappa shape index (κ2) is 6.28. The maximum atomic E-state index is 5.95. The summed E-state index contributed by atoms with van der Waals surface area (Å²) in [5.74, 6) is 1.85. The van der Waals surface area contributed by atoms with Crippen molar-refractivity contribution in [1.29, 1.82) is 0 Å². The summed E-state index contributed by atoms with van der Waals surface area (Å²) in [6.45, 7) is 6.02. The third-order valence-electron chi connectivity index (χ3n) is 5.18. The molecule has 2 unspecified atom stereocenters. The maximum absolute atomic E-state index is 5.95. The number of pyridine rings is 1. The lowest BCUT2D eigenvalue weighted by Crippen LogP contribution is -2.46. The zero-order valence-electron chi connectivity index (χ0n) is 15.1. The third-order valence-corrected chi connectivity index (χ3v) is 6.37. The van der Waals surface area contributed by atoms with Crippen molar-refractivity contribution in [2.45, 2.75) is 45.3 Å². The van der Waals surface area contributed by atoms with Crippen molar-refractivity contribution in [3.8, 4) is 11.4 Å². The molecule has 4 heterocycles. The molecule has 0 saturated carbocycles. The molecule has 134 valence electrons. The number of hydrogen-bond donors (Lipinski definition) is 0. The van der Waals surface area contributed by atoms with Crippen LogP contribution in [0.2, 0.25) is 0 Å². The van der Waals surface area contributed by atoms with E-state index in [-0.39, 0.29) is 12.2 Å². The van der Waals surface area contributed by atoms with Crippen LogP contribution in [0, 0.1) is 0 Å². The highest BCUT2D eigenvalue weighted by Gasteiger charge is 2.29. The van der Waals surface area contributed by atoms with Crippen LogP contribution in [-0.4, -0.2) is 40.2 Å². The standard InChI is InChI=1S/C20H22N4OS/c1-12-10-24(11-13(2)25-12)19-17-15-6-3-7-16(15)26-20(17)23-18(22-19)14-5-4-8-21-9-14/h4-5,8-9,12-13H,3,6-7,10-11H2,1-2H3. The minimum absolute atomic E-state index is 0.206. The van der Waals surface area contributed by atoms with Crippen LogP contribution >= 0.6 is 11.3 Å². The SMILES string of the molecule is CC1CN(c2nc(-c3cccnc3)nc3sc4c(c23)CCC4)CC(C)O1. The molecule has 5 rings (SSSR count). The maximum Gasteiger partial charge on any atom is 0.164 e. The van der Waals surface area contributed by atoms with Gasteiger partial charge in [-0.1, -0.05) is 0 Å². The second-order valence-electron chi connectivity index (χ2n) is 7.31. The minimum Gasteiger partial charge on any atom is -0.372 e. The van der Waals surface area contributed by atoms with Crippen molar-refractivity contribution >= 4 is 27.4 Å². The number of aryl methyl sites for hydroxylation is 2. The third kappa shape index (κ3) is 2.68. The predicted molar refractivity (Wildman–Crippen MR) is 105 cm³/mol. The number of hydrogen-bond acceptors (Lipinski definition) is 6. The molecular weight excluding hydrogens is 344 g/mol. The Hall–Kier alpha value is -2.05. The van der Waals surface area contributed by atoms with Crippen molar-refractivity contribution in [2.24, 2.45) is 0 Å². The Morgan fingerprint density at radius 1 is 1.15 bits per heavy atom. The summed E-state index contributed by atoms with van der Waals surface area (Å²) >= 11 is 1.85. The van der Waals surface area contributed by atoms with Crippen LogP contribution in [0.5, 0.6) is 0 Å². The molecule has 0 spiro atoms. The van der Waals surface area contributed by atoms with Gasteiger partial charge in [-0.05, 0) is 50.8 Å². The Balaban J connectivity index is 1.71. The van der Waals surface area contributed by atoms with Gasteiger partial charge in [0.15, 0.2) is 5.82 Å². The van der Waals surface area contributed by atoms with Gasteiger partial charge in [-0.15, -0.1) is 11.3 Å². The number of anilines is 1. The average molecular weight is 366 g/mol. The molecule has 5 nitrogen and oxygen atoms in total. The molecule has 2 atom stereocenters. The van der Waals surface area contributed by atoms with Gasteiger partial charge in [0.2, 0.25) is 0 Å². The smallest absolute Gasteiger partial charge is 0.164 e. The lowest BCUT2D eigenvalue weighted by Gasteiger charge is -2.36. The first-order chi connectivity index (χ1) is 12.7. The number of nitrogens with zero attached hydrogens (tertiary/aromatic N) is 4. The summed E-state index contributed by atoms with van der Waals surface area (Å²) < 4.78 is 5.95. The van der Waals surface area contributed by atoms with Crippen LogP contribution in [0.15, 0.2) is 24.5 Å². The highest BCUT2D eigenvalue weighted by Crippen LogP contribution is 2.42. The monoisotopic (exact) mass is 366 g/mol. The molecule has 3 aromatic rings. The van der Waals surface area contributed by atoms with Gasteiger partial charge in [0.1, 0.15) is 10.6 Å². The van der Waals surface area contributed by atoms with E-state index in [4.69, 9.17) is 14.7 Å². The Morgan fingerprint density at radius 3 is 2.77 bits per heavy atom. The van der Waals surface area contributed by atoms with Crippen LogP contribution in [0.25, 0.3) is 21.6 Å². The number of aromatic nitrogens is 3. The molecule has 0 radical (unpaired) electrons. The van der Waals surface area contributed by atoms with Crippen LogP contribution in [0.3, 0.4) is 0 Å². The fraction of sp³-hybridized carbons (Fsp3) is 0.450. The van der Waals surface area contributed by atoms with Crippen LogP contribution < -0.4 is 4.90 Å². The first-order valence-electron chi connectivity index (χ1n) is 9.32. The van der Waals surface area contributed by atoms with E-state index in [1.807, 2.05) is 29.7 Å². The van der Waals surface area contributed by atoms with Crippen molar-refractivity contribution in [3.63, 3.8) is 0 Å². The van der Waals surface area contributed by atoms with E-state index in [0.29, 0.717) is 0 Å². The summed E-state index contributed by atoms with van der Waals surface area (Å²) in [5.41, 5.74) is 2.45. The molecule has 6 heteroatoms. The molecule has 0 aromatic carbocycles. The van der Waals surface area contributed by atoms with Crippen LogP contribution in [0.1, 0.15) is 30.7 Å². The van der Waals surface area contributed by atoms with E-state index in [9.17, 15) is 0 Å². The van der Waals surface area contributed by atoms with Crippen molar-refractivity contribution in [1.82, 2.24) is 15.0 Å². The molecule has 26 heavy (non-hydrogen) atoms. The summed E-state index contributed by atoms with van der Waals surface area (Å²) in [6.07, 6.45) is 7.61. The Bertz CT molecular complexity index is 945. The second-order valence-corrected chi connectivity index (χ2v) is 8.40. The van der Waals surface area contributed by atoms with E-state index in [1.54, 1.807) is 6.20 Å². The fourth-order valence-electron chi connectivity index (χ4n) is 4.18. The summed E-state index contributed by atoms with van der Waals surface area (Å²) in [7, 11) is 0. The van der Waals surface area contributed by atoms with E-state index in [0.717, 1.165) is 41.5 Å². The zero-order valence-corrected chi connectivity index (χ0v) is 15.9. The van der Waals surface area contributed by atoms with Gasteiger partial charge in [-0.3, -0.25) is 4.98 Å². The van der Waals surface area contributed by atoms with Crippen LogP contribution in [0.4, 0.5) is 5.82 Å². The molecule has 2 aliphatic rings. The van der Waals surface area contributed by atoms with E-state index in [2.05, 4.69) is 23.7 Å². The number of ether oxygens (including phenoxy) is 1. The molecule has 1 aliphatic heterocycles. The quantitative estimate of drug-likeness (QED) is 0.689. The van der Waals surface area contributed by atoms with E-state index < -0.39 is 0 Å². The fourth-order valence-corrected chi connectivity index (χ4v) is 5.44. The first-order valence-corrected chi connectivity index (χ1v) is 10.1. The van der Waals surface area contributed by atoms with Gasteiger partial charge >= 0.3 is 0 Å². The molecule has 1 aliphatic carbocycles. The molecular formula is C20H22N4OS. The zero-order chi connectivity index (χ0) is 17.7. The van der Waals surface area contributed by atoms with Gasteiger partial charge < -0.3 is 9.64 Å². The Morgan fingerprint density at radius 2 is 2.00 bits per heavy atom. The lowest BCUT2D eigenvalue weighted by atomic mass is 10.1. The van der Waals surface area contributed by atoms with Crippen molar-refractivity contribution in [3.05, 3.63) is 35.0 Å². The predicted octanol–water partition coefficient (Wildman–Crippen LogP) is 3.86. The van der Waals surface area contributed by atoms with Gasteiger partial charge in [-0.2, -0.15) is 0 Å². The number of morpholine rings is 1. The molecule has 0 bridgehead atoms. The average Bonchev–Trinajstić information content (AvgIpc) is 3.21. The molecule has 1 saturated heterocycles. The number of fused-ring (bicyclic) bond motifs is 3. The lowest BCUT2D eigenvalue weighted by molar-refractivity contribution is -0.00536. The molecule has 0 amide bonds. The molecule has 0 N–H and O–H groups in total. The number of thiophene rings is 1. The van der Waals surface area contributed by atoms with Crippen LogP contribution in [-0.2, 0) is 17.6 Å². The highest BCUT2D eigenvalue weighted by molar-refractivity contribution is 7.19. The normalized spacial score (nSPS) is 22.8. The minimum atomic E-state index is 0.206. The first kappa shape index (κ1) is 16.1. The largest absolute Gasteiger partial charge is 0.372 e.